The molecule has 0 saturated carbocycles. The van der Waals surface area contributed by atoms with E-state index in [1.165, 1.54) is 0 Å². The number of benzene rings is 1. The van der Waals surface area contributed by atoms with Gasteiger partial charge in [0.1, 0.15) is 11.5 Å². The first kappa shape index (κ1) is 10.5. The van der Waals surface area contributed by atoms with Gasteiger partial charge < -0.3 is 9.47 Å². The van der Waals surface area contributed by atoms with Gasteiger partial charge >= 0.3 is 0 Å². The second kappa shape index (κ2) is 4.58. The molecule has 0 amide bonds. The average molecular weight is 221 g/mol. The highest BCUT2D eigenvalue weighted by Crippen LogP contribution is 2.33. The van der Waals surface area contributed by atoms with Gasteiger partial charge in [-0.3, -0.25) is 0 Å². The Morgan fingerprint density at radius 2 is 1.77 bits per heavy atom. The highest BCUT2D eigenvalue weighted by molar-refractivity contribution is 6.32. The number of halogens is 2. The summed E-state index contributed by atoms with van der Waals surface area (Å²) in [7, 11) is 3.14. The maximum Gasteiger partial charge on any atom is 0.141 e. The lowest BCUT2D eigenvalue weighted by molar-refractivity contribution is 0.392. The van der Waals surface area contributed by atoms with Crippen LogP contribution in [-0.4, -0.2) is 14.2 Å². The van der Waals surface area contributed by atoms with E-state index >= 15 is 0 Å². The Hall–Kier alpha value is -0.600. The topological polar surface area (TPSA) is 18.5 Å². The molecule has 0 aliphatic heterocycles. The Morgan fingerprint density at radius 1 is 1.15 bits per heavy atom. The van der Waals surface area contributed by atoms with Crippen molar-refractivity contribution < 1.29 is 9.47 Å². The summed E-state index contributed by atoms with van der Waals surface area (Å²) >= 11 is 11.6. The van der Waals surface area contributed by atoms with E-state index in [1.54, 1.807) is 26.4 Å². The molecule has 0 unspecified atom stereocenters. The third kappa shape index (κ3) is 2.20. The minimum atomic E-state index is 0.368. The minimum absolute atomic E-state index is 0.368. The van der Waals surface area contributed by atoms with Crippen LogP contribution in [0, 0.1) is 0 Å². The second-order valence-electron chi connectivity index (χ2n) is 2.43. The largest absolute Gasteiger partial charge is 0.496 e. The molecular formula is C9H10Cl2O2. The normalized spacial score (nSPS) is 9.85. The van der Waals surface area contributed by atoms with E-state index in [1.807, 2.05) is 0 Å². The molecule has 0 bridgehead atoms. The summed E-state index contributed by atoms with van der Waals surface area (Å²) < 4.78 is 10.1. The Kier molecular flexibility index (Phi) is 3.70. The predicted octanol–water partition coefficient (Wildman–Crippen LogP) is 3.10. The van der Waals surface area contributed by atoms with Crippen LogP contribution in [0.1, 0.15) is 5.56 Å². The summed E-state index contributed by atoms with van der Waals surface area (Å²) in [6.07, 6.45) is 0. The number of hydrogen-bond donors (Lipinski definition) is 0. The fourth-order valence-electron chi connectivity index (χ4n) is 1.03. The molecule has 1 rings (SSSR count). The highest BCUT2D eigenvalue weighted by atomic mass is 35.5. The maximum atomic E-state index is 5.90. The lowest BCUT2D eigenvalue weighted by atomic mass is 10.2. The third-order valence-electron chi connectivity index (χ3n) is 1.70. The number of rotatable bonds is 3. The van der Waals surface area contributed by atoms with Gasteiger partial charge in [0.05, 0.1) is 25.1 Å². The van der Waals surface area contributed by atoms with Gasteiger partial charge in [0, 0.05) is 11.6 Å². The van der Waals surface area contributed by atoms with E-state index < -0.39 is 0 Å². The molecule has 13 heavy (non-hydrogen) atoms. The molecule has 4 heteroatoms. The number of methoxy groups -OCH3 is 2. The molecule has 72 valence electrons. The third-order valence-corrected chi connectivity index (χ3v) is 2.28. The summed E-state index contributed by atoms with van der Waals surface area (Å²) in [5, 5.41) is 0.541. The minimum Gasteiger partial charge on any atom is -0.496 e. The van der Waals surface area contributed by atoms with Crippen molar-refractivity contribution in [2.45, 2.75) is 5.88 Å². The van der Waals surface area contributed by atoms with Gasteiger partial charge in [0.15, 0.2) is 0 Å². The molecule has 0 aliphatic rings. The first-order chi connectivity index (χ1) is 6.22. The molecular weight excluding hydrogens is 211 g/mol. The predicted molar refractivity (Wildman–Crippen MR) is 54.1 cm³/mol. The van der Waals surface area contributed by atoms with Crippen LogP contribution in [0.5, 0.6) is 11.5 Å². The van der Waals surface area contributed by atoms with Gasteiger partial charge in [-0.15, -0.1) is 11.6 Å². The number of hydrogen-bond acceptors (Lipinski definition) is 2. The standard InChI is InChI=1S/C9H10Cl2O2/c1-12-8-4-9(13-2)7(11)3-6(8)5-10/h3-4H,5H2,1-2H3. The summed E-state index contributed by atoms with van der Waals surface area (Å²) in [6.45, 7) is 0. The van der Waals surface area contributed by atoms with Crippen LogP contribution in [0.4, 0.5) is 0 Å². The average Bonchev–Trinajstić information content (AvgIpc) is 2.17. The zero-order chi connectivity index (χ0) is 9.84. The quantitative estimate of drug-likeness (QED) is 0.730. The summed E-state index contributed by atoms with van der Waals surface area (Å²) in [6, 6.07) is 3.46. The van der Waals surface area contributed by atoms with Crippen molar-refractivity contribution in [2.75, 3.05) is 14.2 Å². The molecule has 0 aliphatic carbocycles. The molecule has 0 radical (unpaired) electrons. The van der Waals surface area contributed by atoms with Crippen molar-refractivity contribution >= 4 is 23.2 Å². The van der Waals surface area contributed by atoms with Gasteiger partial charge in [-0.2, -0.15) is 0 Å². The number of alkyl halides is 1. The summed E-state index contributed by atoms with van der Waals surface area (Å²) in [5.74, 6) is 1.65. The van der Waals surface area contributed by atoms with Crippen molar-refractivity contribution in [3.63, 3.8) is 0 Å². The molecule has 0 atom stereocenters. The van der Waals surface area contributed by atoms with Crippen LogP contribution >= 0.6 is 23.2 Å². The Bertz CT molecular complexity index is 300. The maximum absolute atomic E-state index is 5.90. The molecule has 0 spiro atoms. The van der Waals surface area contributed by atoms with E-state index in [4.69, 9.17) is 32.7 Å². The van der Waals surface area contributed by atoms with Gasteiger partial charge in [-0.05, 0) is 6.07 Å². The van der Waals surface area contributed by atoms with Gasteiger partial charge in [-0.1, -0.05) is 11.6 Å². The van der Waals surface area contributed by atoms with Crippen molar-refractivity contribution in [3.05, 3.63) is 22.7 Å². The van der Waals surface area contributed by atoms with Crippen molar-refractivity contribution in [1.82, 2.24) is 0 Å². The fourth-order valence-corrected chi connectivity index (χ4v) is 1.50. The van der Waals surface area contributed by atoms with E-state index in [2.05, 4.69) is 0 Å². The molecule has 1 aromatic rings. The van der Waals surface area contributed by atoms with E-state index in [0.717, 1.165) is 5.56 Å². The number of ether oxygens (including phenoxy) is 2. The Morgan fingerprint density at radius 3 is 2.23 bits per heavy atom. The molecule has 0 heterocycles. The summed E-state index contributed by atoms with van der Waals surface area (Å²) in [4.78, 5) is 0. The van der Waals surface area contributed by atoms with Crippen LogP contribution in [0.15, 0.2) is 12.1 Å². The zero-order valence-corrected chi connectivity index (χ0v) is 8.95. The van der Waals surface area contributed by atoms with Crippen LogP contribution < -0.4 is 9.47 Å². The lowest BCUT2D eigenvalue weighted by Crippen LogP contribution is -1.92. The summed E-state index contributed by atoms with van der Waals surface area (Å²) in [5.41, 5.74) is 0.856. The van der Waals surface area contributed by atoms with Gasteiger partial charge in [-0.25, -0.2) is 0 Å². The molecule has 0 fully saturated rings. The van der Waals surface area contributed by atoms with Crippen LogP contribution in [0.2, 0.25) is 5.02 Å². The molecule has 0 aromatic heterocycles. The van der Waals surface area contributed by atoms with E-state index in [-0.39, 0.29) is 0 Å². The fraction of sp³-hybridized carbons (Fsp3) is 0.333. The highest BCUT2D eigenvalue weighted by Gasteiger charge is 2.08. The Labute approximate surface area is 87.4 Å². The van der Waals surface area contributed by atoms with E-state index in [0.29, 0.717) is 22.4 Å². The van der Waals surface area contributed by atoms with E-state index in [9.17, 15) is 0 Å². The Balaban J connectivity index is 3.18. The molecule has 0 N–H and O–H groups in total. The van der Waals surface area contributed by atoms with Crippen LogP contribution in [0.25, 0.3) is 0 Å². The van der Waals surface area contributed by atoms with Crippen molar-refractivity contribution in [2.24, 2.45) is 0 Å². The lowest BCUT2D eigenvalue weighted by Gasteiger charge is -2.09. The van der Waals surface area contributed by atoms with Gasteiger partial charge in [0.25, 0.3) is 0 Å². The van der Waals surface area contributed by atoms with Crippen molar-refractivity contribution in [1.29, 1.82) is 0 Å². The molecule has 2 nitrogen and oxygen atoms in total. The SMILES string of the molecule is COc1cc(OC)c(CCl)cc1Cl. The molecule has 1 aromatic carbocycles. The van der Waals surface area contributed by atoms with Crippen LogP contribution in [-0.2, 0) is 5.88 Å². The van der Waals surface area contributed by atoms with Crippen molar-refractivity contribution in [3.8, 4) is 11.5 Å². The first-order valence-electron chi connectivity index (χ1n) is 3.69. The van der Waals surface area contributed by atoms with Crippen LogP contribution in [0.3, 0.4) is 0 Å². The molecule has 0 saturated heterocycles. The smallest absolute Gasteiger partial charge is 0.141 e. The zero-order valence-electron chi connectivity index (χ0n) is 7.43. The van der Waals surface area contributed by atoms with Gasteiger partial charge in [0.2, 0.25) is 0 Å². The first-order valence-corrected chi connectivity index (χ1v) is 4.60. The monoisotopic (exact) mass is 220 g/mol. The second-order valence-corrected chi connectivity index (χ2v) is 3.11.